The number of rotatable bonds is 7. The minimum Gasteiger partial charge on any atom is -0.454 e. The highest BCUT2D eigenvalue weighted by Crippen LogP contribution is 2.32. The van der Waals surface area contributed by atoms with E-state index in [1.165, 1.54) is 18.2 Å². The Hall–Kier alpha value is -3.89. The van der Waals surface area contributed by atoms with E-state index < -0.39 is 15.9 Å². The van der Waals surface area contributed by atoms with Crippen LogP contribution in [0.15, 0.2) is 71.6 Å². The Morgan fingerprint density at radius 2 is 1.80 bits per heavy atom. The van der Waals surface area contributed by atoms with Crippen LogP contribution in [0.3, 0.4) is 0 Å². The minimum atomic E-state index is -3.87. The van der Waals surface area contributed by atoms with Gasteiger partial charge in [0.05, 0.1) is 4.90 Å². The number of fused-ring (bicyclic) bond motifs is 1. The molecule has 2 aliphatic rings. The molecule has 0 atom stereocenters. The summed E-state index contributed by atoms with van der Waals surface area (Å²) >= 11 is 0. The fourth-order valence-electron chi connectivity index (χ4n) is 3.99. The monoisotopic (exact) mass is 493 g/mol. The van der Waals surface area contributed by atoms with Crippen LogP contribution in [0.5, 0.6) is 11.5 Å². The molecule has 0 saturated carbocycles. The molecular formula is C25H23N3O6S. The van der Waals surface area contributed by atoms with Crippen molar-refractivity contribution in [3.63, 3.8) is 0 Å². The fourth-order valence-corrected chi connectivity index (χ4v) is 5.06. The zero-order valence-corrected chi connectivity index (χ0v) is 19.5. The summed E-state index contributed by atoms with van der Waals surface area (Å²) in [6.45, 7) is 0.840. The maximum Gasteiger partial charge on any atom is 0.255 e. The lowest BCUT2D eigenvalue weighted by molar-refractivity contribution is -0.117. The van der Waals surface area contributed by atoms with Crippen LogP contribution < -0.4 is 24.4 Å². The van der Waals surface area contributed by atoms with Crippen LogP contribution in [0.1, 0.15) is 28.8 Å². The maximum absolute atomic E-state index is 12.9. The van der Waals surface area contributed by atoms with E-state index in [1.54, 1.807) is 47.4 Å². The predicted molar refractivity (Wildman–Crippen MR) is 129 cm³/mol. The van der Waals surface area contributed by atoms with Crippen molar-refractivity contribution in [2.75, 3.05) is 23.6 Å². The summed E-state index contributed by atoms with van der Waals surface area (Å²) in [6.07, 6.45) is 1.32. The van der Waals surface area contributed by atoms with Crippen molar-refractivity contribution in [1.29, 1.82) is 0 Å². The van der Waals surface area contributed by atoms with E-state index in [2.05, 4.69) is 10.0 Å². The van der Waals surface area contributed by atoms with Crippen LogP contribution in [0.25, 0.3) is 0 Å². The first-order chi connectivity index (χ1) is 16.9. The van der Waals surface area contributed by atoms with E-state index in [0.29, 0.717) is 41.4 Å². The number of ether oxygens (including phenoxy) is 2. The van der Waals surface area contributed by atoms with Gasteiger partial charge in [-0.05, 0) is 60.5 Å². The molecule has 180 valence electrons. The molecule has 0 radical (unpaired) electrons. The molecule has 0 spiro atoms. The van der Waals surface area contributed by atoms with Crippen LogP contribution in [-0.2, 0) is 21.4 Å². The van der Waals surface area contributed by atoms with Gasteiger partial charge in [-0.2, -0.15) is 0 Å². The molecule has 0 aliphatic carbocycles. The van der Waals surface area contributed by atoms with Crippen molar-refractivity contribution < 1.29 is 27.5 Å². The van der Waals surface area contributed by atoms with Gasteiger partial charge in [-0.15, -0.1) is 0 Å². The standard InChI is InChI=1S/C25H23N3O6S/c29-24-8-3-11-28(24)20-6-2-5-19(14-20)27-25(30)18-4-1-7-21(13-18)35(31,32)26-15-17-9-10-22-23(12-17)34-16-33-22/h1-2,4-7,9-10,12-14,26H,3,8,11,15-16H2,(H,27,30). The lowest BCUT2D eigenvalue weighted by Crippen LogP contribution is -2.24. The number of nitrogens with one attached hydrogen (secondary N) is 2. The van der Waals surface area contributed by atoms with Gasteiger partial charge in [0.15, 0.2) is 11.5 Å². The lowest BCUT2D eigenvalue weighted by Gasteiger charge is -2.17. The molecule has 10 heteroatoms. The molecule has 2 amide bonds. The minimum absolute atomic E-state index is 0.0256. The molecule has 2 aliphatic heterocycles. The van der Waals surface area contributed by atoms with Gasteiger partial charge in [0, 0.05) is 36.4 Å². The van der Waals surface area contributed by atoms with Crippen LogP contribution in [-0.4, -0.2) is 33.6 Å². The number of hydrogen-bond donors (Lipinski definition) is 2. The second-order valence-corrected chi connectivity index (χ2v) is 9.96. The van der Waals surface area contributed by atoms with Crippen LogP contribution in [0, 0.1) is 0 Å². The van der Waals surface area contributed by atoms with E-state index in [-0.39, 0.29) is 29.7 Å². The molecule has 0 bridgehead atoms. The second kappa shape index (κ2) is 9.40. The number of nitrogens with zero attached hydrogens (tertiary/aromatic N) is 1. The summed E-state index contributed by atoms with van der Waals surface area (Å²) in [4.78, 5) is 26.5. The Morgan fingerprint density at radius 1 is 0.971 bits per heavy atom. The fraction of sp³-hybridized carbons (Fsp3) is 0.200. The lowest BCUT2D eigenvalue weighted by atomic mass is 10.2. The first-order valence-corrected chi connectivity index (χ1v) is 12.6. The first-order valence-electron chi connectivity index (χ1n) is 11.1. The zero-order valence-electron chi connectivity index (χ0n) is 18.7. The quantitative estimate of drug-likeness (QED) is 0.522. The van der Waals surface area contributed by atoms with Gasteiger partial charge in [0.2, 0.25) is 22.7 Å². The Kier molecular flexibility index (Phi) is 6.14. The summed E-state index contributed by atoms with van der Waals surface area (Å²) in [5.41, 5.74) is 2.14. The van der Waals surface area contributed by atoms with Gasteiger partial charge < -0.3 is 19.7 Å². The number of sulfonamides is 1. The zero-order chi connectivity index (χ0) is 24.4. The number of carbonyl (C=O) groups excluding carboxylic acids is 2. The normalized spacial score (nSPS) is 14.9. The average molecular weight is 494 g/mol. The van der Waals surface area contributed by atoms with E-state index in [0.717, 1.165) is 6.42 Å². The predicted octanol–water partition coefficient (Wildman–Crippen LogP) is 3.27. The van der Waals surface area contributed by atoms with Crippen LogP contribution in [0.4, 0.5) is 11.4 Å². The Morgan fingerprint density at radius 3 is 2.63 bits per heavy atom. The largest absolute Gasteiger partial charge is 0.454 e. The average Bonchev–Trinajstić information content (AvgIpc) is 3.51. The van der Waals surface area contributed by atoms with Crippen molar-refractivity contribution in [3.8, 4) is 11.5 Å². The van der Waals surface area contributed by atoms with Gasteiger partial charge in [-0.1, -0.05) is 18.2 Å². The molecule has 2 N–H and O–H groups in total. The van der Waals surface area contributed by atoms with Crippen molar-refractivity contribution in [1.82, 2.24) is 4.72 Å². The van der Waals surface area contributed by atoms with E-state index in [1.807, 2.05) is 6.07 Å². The highest BCUT2D eigenvalue weighted by Gasteiger charge is 2.22. The van der Waals surface area contributed by atoms with E-state index in [9.17, 15) is 18.0 Å². The third-order valence-electron chi connectivity index (χ3n) is 5.80. The highest BCUT2D eigenvalue weighted by atomic mass is 32.2. The molecule has 1 saturated heterocycles. The summed E-state index contributed by atoms with van der Waals surface area (Å²) < 4.78 is 38.9. The molecule has 35 heavy (non-hydrogen) atoms. The van der Waals surface area contributed by atoms with Crippen molar-refractivity contribution in [3.05, 3.63) is 77.9 Å². The summed E-state index contributed by atoms with van der Waals surface area (Å²) in [7, 11) is -3.87. The van der Waals surface area contributed by atoms with Gasteiger partial charge in [0.25, 0.3) is 5.91 Å². The highest BCUT2D eigenvalue weighted by molar-refractivity contribution is 7.89. The van der Waals surface area contributed by atoms with E-state index in [4.69, 9.17) is 9.47 Å². The van der Waals surface area contributed by atoms with Gasteiger partial charge in [0.1, 0.15) is 0 Å². The van der Waals surface area contributed by atoms with Gasteiger partial charge in [-0.3, -0.25) is 9.59 Å². The molecular weight excluding hydrogens is 470 g/mol. The van der Waals surface area contributed by atoms with Crippen molar-refractivity contribution in [2.24, 2.45) is 0 Å². The molecule has 3 aromatic carbocycles. The summed E-state index contributed by atoms with van der Waals surface area (Å²) in [5.74, 6) is 0.786. The van der Waals surface area contributed by atoms with E-state index >= 15 is 0 Å². The summed E-state index contributed by atoms with van der Waals surface area (Å²) in [5, 5.41) is 2.78. The summed E-state index contributed by atoms with van der Waals surface area (Å²) in [6, 6.07) is 18.0. The van der Waals surface area contributed by atoms with Crippen LogP contribution >= 0.6 is 0 Å². The number of anilines is 2. The molecule has 0 unspecified atom stereocenters. The van der Waals surface area contributed by atoms with Crippen molar-refractivity contribution in [2.45, 2.75) is 24.3 Å². The molecule has 5 rings (SSSR count). The number of amides is 2. The Labute approximate surface area is 202 Å². The molecule has 3 aromatic rings. The molecule has 2 heterocycles. The smallest absolute Gasteiger partial charge is 0.255 e. The van der Waals surface area contributed by atoms with Crippen LogP contribution in [0.2, 0.25) is 0 Å². The molecule has 1 fully saturated rings. The van der Waals surface area contributed by atoms with Crippen molar-refractivity contribution >= 4 is 33.2 Å². The topological polar surface area (TPSA) is 114 Å². The Balaban J connectivity index is 1.27. The molecule has 0 aromatic heterocycles. The second-order valence-electron chi connectivity index (χ2n) is 8.19. The SMILES string of the molecule is O=C(Nc1cccc(N2CCCC2=O)c1)c1cccc(S(=O)(=O)NCc2ccc3c(c2)OCO3)c1. The first kappa shape index (κ1) is 22.9. The maximum atomic E-state index is 12.9. The Bertz CT molecular complexity index is 1410. The third-order valence-corrected chi connectivity index (χ3v) is 7.20. The van der Waals surface area contributed by atoms with Gasteiger partial charge >= 0.3 is 0 Å². The number of hydrogen-bond acceptors (Lipinski definition) is 6. The number of benzene rings is 3. The molecule has 9 nitrogen and oxygen atoms in total. The number of carbonyl (C=O) groups is 2. The third kappa shape index (κ3) is 4.98. The van der Waals surface area contributed by atoms with Gasteiger partial charge in [-0.25, -0.2) is 13.1 Å².